The molecule has 1 fully saturated rings. The molecule has 0 aliphatic heterocycles. The normalized spacial score (nSPS) is 28.2. The van der Waals surface area contributed by atoms with Crippen molar-refractivity contribution >= 4 is 12.6 Å². The van der Waals surface area contributed by atoms with Crippen molar-refractivity contribution < 1.29 is 9.59 Å². The van der Waals surface area contributed by atoms with E-state index in [0.29, 0.717) is 0 Å². The molecule has 0 amide bonds. The van der Waals surface area contributed by atoms with E-state index >= 15 is 0 Å². The summed E-state index contributed by atoms with van der Waals surface area (Å²) in [6.45, 7) is 4.00. The van der Waals surface area contributed by atoms with Gasteiger partial charge in [0.2, 0.25) is 0 Å². The molecule has 1 aliphatic carbocycles. The van der Waals surface area contributed by atoms with Gasteiger partial charge < -0.3 is 9.59 Å². The lowest BCUT2D eigenvalue weighted by molar-refractivity contribution is -0.115. The zero-order chi connectivity index (χ0) is 9.40. The molecule has 0 aromatic rings. The van der Waals surface area contributed by atoms with Gasteiger partial charge in [0.1, 0.15) is 12.6 Å². The Kier molecular flexibility index (Phi) is 6.63. The van der Waals surface area contributed by atoms with Crippen LogP contribution in [0.25, 0.3) is 0 Å². The third kappa shape index (κ3) is 3.65. The summed E-state index contributed by atoms with van der Waals surface area (Å²) in [5.74, 6) is 0.465. The zero-order valence-corrected chi connectivity index (χ0v) is 7.95. The molecule has 12 heavy (non-hydrogen) atoms. The maximum atomic E-state index is 10.3. The molecule has 0 aromatic carbocycles. The van der Waals surface area contributed by atoms with Crippen molar-refractivity contribution in [3.05, 3.63) is 0 Å². The van der Waals surface area contributed by atoms with Gasteiger partial charge in [-0.05, 0) is 25.7 Å². The summed E-state index contributed by atoms with van der Waals surface area (Å²) >= 11 is 0. The van der Waals surface area contributed by atoms with Crippen LogP contribution in [0.2, 0.25) is 0 Å². The van der Waals surface area contributed by atoms with Gasteiger partial charge in [-0.15, -0.1) is 0 Å². The molecule has 2 heteroatoms. The standard InChI is InChI=1S/C8H12O2.C2H6/c9-5-7-1-2-8(6-10)4-3-7;1-2/h5-8H,1-4H2;1-2H3. The van der Waals surface area contributed by atoms with Crippen LogP contribution in [-0.4, -0.2) is 12.6 Å². The van der Waals surface area contributed by atoms with Crippen molar-refractivity contribution in [2.45, 2.75) is 39.5 Å². The fourth-order valence-corrected chi connectivity index (χ4v) is 1.42. The van der Waals surface area contributed by atoms with Gasteiger partial charge in [-0.3, -0.25) is 0 Å². The second-order valence-corrected chi connectivity index (χ2v) is 2.95. The summed E-state index contributed by atoms with van der Waals surface area (Å²) in [6.07, 6.45) is 5.67. The van der Waals surface area contributed by atoms with Crippen molar-refractivity contribution in [3.8, 4) is 0 Å². The average Bonchev–Trinajstić information content (AvgIpc) is 2.21. The Balaban J connectivity index is 0.000000561. The van der Waals surface area contributed by atoms with Gasteiger partial charge in [0.25, 0.3) is 0 Å². The van der Waals surface area contributed by atoms with E-state index in [-0.39, 0.29) is 11.8 Å². The van der Waals surface area contributed by atoms with Gasteiger partial charge in [-0.2, -0.15) is 0 Å². The molecule has 0 bridgehead atoms. The van der Waals surface area contributed by atoms with Crippen LogP contribution in [0, 0.1) is 11.8 Å². The molecule has 1 rings (SSSR count). The molecule has 0 unspecified atom stereocenters. The molecule has 0 radical (unpaired) electrons. The van der Waals surface area contributed by atoms with Crippen LogP contribution in [0.15, 0.2) is 0 Å². The average molecular weight is 170 g/mol. The number of rotatable bonds is 2. The van der Waals surface area contributed by atoms with Crippen molar-refractivity contribution in [1.82, 2.24) is 0 Å². The van der Waals surface area contributed by atoms with Gasteiger partial charge in [-0.1, -0.05) is 13.8 Å². The third-order valence-electron chi connectivity index (χ3n) is 2.20. The van der Waals surface area contributed by atoms with E-state index in [1.165, 1.54) is 0 Å². The predicted molar refractivity (Wildman–Crippen MR) is 48.9 cm³/mol. The van der Waals surface area contributed by atoms with Gasteiger partial charge in [0, 0.05) is 11.8 Å². The first-order valence-electron chi connectivity index (χ1n) is 4.77. The molecule has 1 aliphatic rings. The largest absolute Gasteiger partial charge is 0.303 e. The monoisotopic (exact) mass is 170 g/mol. The summed E-state index contributed by atoms with van der Waals surface area (Å²) in [5, 5.41) is 0. The van der Waals surface area contributed by atoms with Crippen LogP contribution in [0.3, 0.4) is 0 Å². The smallest absolute Gasteiger partial charge is 0.123 e. The Hall–Kier alpha value is -0.660. The van der Waals surface area contributed by atoms with Crippen LogP contribution in [0.1, 0.15) is 39.5 Å². The summed E-state index contributed by atoms with van der Waals surface area (Å²) in [6, 6.07) is 0. The molecular weight excluding hydrogens is 152 g/mol. The van der Waals surface area contributed by atoms with Crippen LogP contribution in [0.4, 0.5) is 0 Å². The molecule has 0 N–H and O–H groups in total. The zero-order valence-electron chi connectivity index (χ0n) is 7.95. The van der Waals surface area contributed by atoms with Crippen LogP contribution >= 0.6 is 0 Å². The molecular formula is C10H18O2. The van der Waals surface area contributed by atoms with Gasteiger partial charge in [0.15, 0.2) is 0 Å². The quantitative estimate of drug-likeness (QED) is 0.595. The first-order chi connectivity index (χ1) is 5.86. The highest BCUT2D eigenvalue weighted by Crippen LogP contribution is 2.25. The van der Waals surface area contributed by atoms with E-state index in [2.05, 4.69) is 0 Å². The van der Waals surface area contributed by atoms with E-state index < -0.39 is 0 Å². The molecule has 0 heterocycles. The highest BCUT2D eigenvalue weighted by atomic mass is 16.1. The van der Waals surface area contributed by atoms with E-state index in [1.54, 1.807) is 0 Å². The van der Waals surface area contributed by atoms with E-state index in [0.717, 1.165) is 38.3 Å². The number of carbonyl (C=O) groups excluding carboxylic acids is 2. The fraction of sp³-hybridized carbons (Fsp3) is 0.800. The predicted octanol–water partition coefficient (Wildman–Crippen LogP) is 2.22. The topological polar surface area (TPSA) is 34.1 Å². The Morgan fingerprint density at radius 2 is 1.08 bits per heavy atom. The molecule has 70 valence electrons. The van der Waals surface area contributed by atoms with Crippen molar-refractivity contribution in [3.63, 3.8) is 0 Å². The maximum absolute atomic E-state index is 10.3. The van der Waals surface area contributed by atoms with Crippen LogP contribution < -0.4 is 0 Å². The van der Waals surface area contributed by atoms with E-state index in [9.17, 15) is 9.59 Å². The van der Waals surface area contributed by atoms with Crippen molar-refractivity contribution in [2.75, 3.05) is 0 Å². The Morgan fingerprint density at radius 1 is 0.833 bits per heavy atom. The molecule has 0 aromatic heterocycles. The molecule has 1 saturated carbocycles. The first-order valence-corrected chi connectivity index (χ1v) is 4.77. The van der Waals surface area contributed by atoms with Crippen LogP contribution in [-0.2, 0) is 9.59 Å². The third-order valence-corrected chi connectivity index (χ3v) is 2.20. The molecule has 0 saturated heterocycles. The SMILES string of the molecule is CC.O=CC1CCC(C=O)CC1. The minimum absolute atomic E-state index is 0.233. The number of hydrogen-bond acceptors (Lipinski definition) is 2. The highest BCUT2D eigenvalue weighted by molar-refractivity contribution is 5.56. The summed E-state index contributed by atoms with van der Waals surface area (Å²) < 4.78 is 0. The van der Waals surface area contributed by atoms with Crippen LogP contribution in [0.5, 0.6) is 0 Å². The second-order valence-electron chi connectivity index (χ2n) is 2.95. The Morgan fingerprint density at radius 3 is 1.25 bits per heavy atom. The lowest BCUT2D eigenvalue weighted by Crippen LogP contribution is -2.15. The molecule has 0 spiro atoms. The molecule has 0 atom stereocenters. The Labute approximate surface area is 74.3 Å². The Bertz CT molecular complexity index is 108. The van der Waals surface area contributed by atoms with Crippen molar-refractivity contribution in [1.29, 1.82) is 0 Å². The lowest BCUT2D eigenvalue weighted by Gasteiger charge is -2.20. The second kappa shape index (κ2) is 7.01. The number of aldehydes is 2. The first kappa shape index (κ1) is 11.3. The number of hydrogen-bond donors (Lipinski definition) is 0. The summed E-state index contributed by atoms with van der Waals surface area (Å²) in [5.41, 5.74) is 0. The minimum Gasteiger partial charge on any atom is -0.303 e. The van der Waals surface area contributed by atoms with Crippen molar-refractivity contribution in [2.24, 2.45) is 11.8 Å². The van der Waals surface area contributed by atoms with E-state index in [1.807, 2.05) is 13.8 Å². The lowest BCUT2D eigenvalue weighted by atomic mass is 9.84. The minimum atomic E-state index is 0.233. The summed E-state index contributed by atoms with van der Waals surface area (Å²) in [7, 11) is 0. The maximum Gasteiger partial charge on any atom is 0.123 e. The molecule has 2 nitrogen and oxygen atoms in total. The van der Waals surface area contributed by atoms with E-state index in [4.69, 9.17) is 0 Å². The highest BCUT2D eigenvalue weighted by Gasteiger charge is 2.19. The van der Waals surface area contributed by atoms with Gasteiger partial charge >= 0.3 is 0 Å². The van der Waals surface area contributed by atoms with Gasteiger partial charge in [-0.25, -0.2) is 0 Å². The fourth-order valence-electron chi connectivity index (χ4n) is 1.42. The van der Waals surface area contributed by atoms with Gasteiger partial charge in [0.05, 0.1) is 0 Å². The summed E-state index contributed by atoms with van der Waals surface area (Å²) in [4.78, 5) is 20.5. The number of carbonyl (C=O) groups is 2.